The monoisotopic (exact) mass is 310 g/mol. The average molecular weight is 311 g/mol. The Bertz CT molecular complexity index is 416. The second-order valence-corrected chi connectivity index (χ2v) is 6.90. The number of rotatable bonds is 6. The van der Waals surface area contributed by atoms with E-state index in [0.29, 0.717) is 6.04 Å². The lowest BCUT2D eigenvalue weighted by Crippen LogP contribution is -2.49. The van der Waals surface area contributed by atoms with E-state index in [4.69, 9.17) is 0 Å². The second-order valence-electron chi connectivity index (χ2n) is 6.12. The smallest absolute Gasteiger partial charge is 0.191 e. The van der Waals surface area contributed by atoms with Gasteiger partial charge in [0.15, 0.2) is 5.96 Å². The van der Waals surface area contributed by atoms with Crippen molar-refractivity contribution in [3.63, 3.8) is 0 Å². The Labute approximate surface area is 133 Å². The van der Waals surface area contributed by atoms with Crippen LogP contribution in [0.5, 0.6) is 0 Å². The van der Waals surface area contributed by atoms with Crippen molar-refractivity contribution in [2.45, 2.75) is 46.2 Å². The quantitative estimate of drug-likeness (QED) is 0.626. The van der Waals surface area contributed by atoms with Crippen LogP contribution in [-0.2, 0) is 0 Å². The first kappa shape index (κ1) is 18.0. The fraction of sp³-hybridized carbons (Fsp3) is 0.688. The highest BCUT2D eigenvalue weighted by molar-refractivity contribution is 7.07. The predicted molar refractivity (Wildman–Crippen MR) is 94.2 cm³/mol. The van der Waals surface area contributed by atoms with Crippen molar-refractivity contribution < 1.29 is 0 Å². The van der Waals surface area contributed by atoms with Gasteiger partial charge in [0.05, 0.1) is 6.04 Å². The summed E-state index contributed by atoms with van der Waals surface area (Å²) >= 11 is 1.76. The van der Waals surface area contributed by atoms with E-state index in [2.05, 4.69) is 72.0 Å². The Morgan fingerprint density at radius 3 is 2.43 bits per heavy atom. The zero-order valence-corrected chi connectivity index (χ0v) is 15.0. The Balaban J connectivity index is 2.74. The molecular formula is C16H30N4S. The summed E-state index contributed by atoms with van der Waals surface area (Å²) in [4.78, 5) is 6.79. The van der Waals surface area contributed by atoms with E-state index in [9.17, 15) is 0 Å². The van der Waals surface area contributed by atoms with Gasteiger partial charge < -0.3 is 10.6 Å². The summed E-state index contributed by atoms with van der Waals surface area (Å²) in [5, 5.41) is 11.3. The molecule has 0 bridgehead atoms. The highest BCUT2D eigenvalue weighted by Gasteiger charge is 2.19. The average Bonchev–Trinajstić information content (AvgIpc) is 2.94. The molecule has 5 heteroatoms. The molecule has 1 atom stereocenters. The van der Waals surface area contributed by atoms with Gasteiger partial charge in [-0.15, -0.1) is 0 Å². The molecule has 0 aliphatic rings. The molecule has 4 nitrogen and oxygen atoms in total. The second kappa shape index (κ2) is 8.39. The maximum Gasteiger partial charge on any atom is 0.191 e. The summed E-state index contributed by atoms with van der Waals surface area (Å²) in [6, 6.07) is 2.60. The first-order valence-corrected chi connectivity index (χ1v) is 8.60. The van der Waals surface area contributed by atoms with Crippen LogP contribution in [0.2, 0.25) is 0 Å². The molecule has 21 heavy (non-hydrogen) atoms. The number of likely N-dealkylation sites (N-methyl/N-ethyl adjacent to an activating group) is 1. The number of aliphatic imine (C=N–C) groups is 1. The van der Waals surface area contributed by atoms with Gasteiger partial charge in [-0.05, 0) is 56.3 Å². The molecule has 0 aromatic carbocycles. The summed E-state index contributed by atoms with van der Waals surface area (Å²) in [6.07, 6.45) is 0. The first-order valence-electron chi connectivity index (χ1n) is 7.66. The van der Waals surface area contributed by atoms with Crippen LogP contribution in [0.4, 0.5) is 0 Å². The van der Waals surface area contributed by atoms with Gasteiger partial charge in [0.2, 0.25) is 0 Å². The van der Waals surface area contributed by atoms with E-state index in [-0.39, 0.29) is 5.54 Å². The molecule has 120 valence electrons. The van der Waals surface area contributed by atoms with Crippen LogP contribution in [0.3, 0.4) is 0 Å². The third kappa shape index (κ3) is 6.06. The zero-order valence-electron chi connectivity index (χ0n) is 14.2. The molecule has 1 rings (SSSR count). The van der Waals surface area contributed by atoms with Gasteiger partial charge in [-0.25, -0.2) is 0 Å². The Hall–Kier alpha value is -1.07. The van der Waals surface area contributed by atoms with Crippen LogP contribution in [-0.4, -0.2) is 43.1 Å². The Kier molecular flexibility index (Phi) is 7.18. The highest BCUT2D eigenvalue weighted by Crippen LogP contribution is 2.22. The van der Waals surface area contributed by atoms with Gasteiger partial charge in [0.1, 0.15) is 0 Å². The van der Waals surface area contributed by atoms with Crippen LogP contribution < -0.4 is 10.6 Å². The summed E-state index contributed by atoms with van der Waals surface area (Å²) in [6.45, 7) is 13.8. The predicted octanol–water partition coefficient (Wildman–Crippen LogP) is 3.09. The molecule has 0 spiro atoms. The molecule has 0 aliphatic carbocycles. The van der Waals surface area contributed by atoms with Crippen LogP contribution in [0.15, 0.2) is 21.8 Å². The molecule has 1 heterocycles. The maximum absolute atomic E-state index is 4.32. The van der Waals surface area contributed by atoms with Crippen molar-refractivity contribution in [1.82, 2.24) is 15.5 Å². The van der Waals surface area contributed by atoms with Gasteiger partial charge >= 0.3 is 0 Å². The maximum atomic E-state index is 4.32. The molecule has 0 saturated heterocycles. The molecular weight excluding hydrogens is 280 g/mol. The van der Waals surface area contributed by atoms with Crippen molar-refractivity contribution in [2.75, 3.05) is 26.7 Å². The lowest BCUT2D eigenvalue weighted by molar-refractivity contribution is 0.219. The van der Waals surface area contributed by atoms with Gasteiger partial charge in [-0.1, -0.05) is 13.8 Å². The van der Waals surface area contributed by atoms with E-state index in [0.717, 1.165) is 25.6 Å². The molecule has 2 N–H and O–H groups in total. The molecule has 1 aromatic rings. The lowest BCUT2D eigenvalue weighted by atomic mass is 10.1. The molecule has 0 fully saturated rings. The van der Waals surface area contributed by atoms with Gasteiger partial charge in [0, 0.05) is 19.1 Å². The van der Waals surface area contributed by atoms with Gasteiger partial charge in [0.25, 0.3) is 0 Å². The van der Waals surface area contributed by atoms with Gasteiger partial charge in [-0.3, -0.25) is 9.89 Å². The van der Waals surface area contributed by atoms with E-state index in [1.165, 1.54) is 5.56 Å². The molecule has 0 amide bonds. The molecule has 0 radical (unpaired) electrons. The lowest BCUT2D eigenvalue weighted by Gasteiger charge is -2.31. The normalized spacial score (nSPS) is 14.3. The van der Waals surface area contributed by atoms with Crippen molar-refractivity contribution in [3.8, 4) is 0 Å². The molecule has 0 aliphatic heterocycles. The Morgan fingerprint density at radius 1 is 1.33 bits per heavy atom. The van der Waals surface area contributed by atoms with Crippen LogP contribution in [0, 0.1) is 0 Å². The first-order chi connectivity index (χ1) is 9.91. The number of hydrogen-bond acceptors (Lipinski definition) is 3. The number of nitrogens with zero attached hydrogens (tertiary/aromatic N) is 2. The number of thiophene rings is 1. The summed E-state index contributed by atoms with van der Waals surface area (Å²) in [5.74, 6) is 0.856. The number of hydrogen-bond donors (Lipinski definition) is 2. The Morgan fingerprint density at radius 2 is 2.00 bits per heavy atom. The summed E-state index contributed by atoms with van der Waals surface area (Å²) in [5.41, 5.74) is 1.39. The minimum Gasteiger partial charge on any atom is -0.354 e. The third-order valence-corrected chi connectivity index (χ3v) is 4.06. The fourth-order valence-corrected chi connectivity index (χ4v) is 3.02. The largest absolute Gasteiger partial charge is 0.354 e. The summed E-state index contributed by atoms with van der Waals surface area (Å²) in [7, 11) is 1.82. The van der Waals surface area contributed by atoms with Gasteiger partial charge in [-0.2, -0.15) is 11.3 Å². The van der Waals surface area contributed by atoms with Crippen molar-refractivity contribution in [2.24, 2.45) is 4.99 Å². The van der Waals surface area contributed by atoms with E-state index < -0.39 is 0 Å². The van der Waals surface area contributed by atoms with Crippen molar-refractivity contribution in [1.29, 1.82) is 0 Å². The van der Waals surface area contributed by atoms with Crippen molar-refractivity contribution >= 4 is 17.3 Å². The molecule has 0 saturated carbocycles. The number of guanidine groups is 1. The van der Waals surface area contributed by atoms with E-state index in [1.807, 2.05) is 7.05 Å². The zero-order chi connectivity index (χ0) is 15.9. The van der Waals surface area contributed by atoms with E-state index >= 15 is 0 Å². The minimum absolute atomic E-state index is 0.00885. The third-order valence-electron chi connectivity index (χ3n) is 3.36. The van der Waals surface area contributed by atoms with Crippen LogP contribution >= 0.6 is 11.3 Å². The standard InChI is InChI=1S/C16H30N4S/c1-7-20(8-2)14(13-9-10-21-12-13)11-18-15(17-6)19-16(3,4)5/h9-10,12,14H,7-8,11H2,1-6H3,(H2,17,18,19). The van der Waals surface area contributed by atoms with E-state index in [1.54, 1.807) is 11.3 Å². The van der Waals surface area contributed by atoms with Crippen LogP contribution in [0.25, 0.3) is 0 Å². The van der Waals surface area contributed by atoms with Crippen LogP contribution in [0.1, 0.15) is 46.2 Å². The summed E-state index contributed by atoms with van der Waals surface area (Å²) < 4.78 is 0. The molecule has 1 unspecified atom stereocenters. The minimum atomic E-state index is 0.00885. The number of nitrogens with one attached hydrogen (secondary N) is 2. The fourth-order valence-electron chi connectivity index (χ4n) is 2.31. The highest BCUT2D eigenvalue weighted by atomic mass is 32.1. The topological polar surface area (TPSA) is 39.7 Å². The molecule has 1 aromatic heterocycles. The SMILES string of the molecule is CCN(CC)C(CNC(=NC)NC(C)(C)C)c1ccsc1. The van der Waals surface area contributed by atoms with Crippen molar-refractivity contribution in [3.05, 3.63) is 22.4 Å².